The number of hydrogen-bond donors (Lipinski definition) is 0. The van der Waals surface area contributed by atoms with Crippen molar-refractivity contribution in [3.8, 4) is 44.5 Å². The van der Waals surface area contributed by atoms with Gasteiger partial charge in [0.05, 0.1) is 0 Å². The first-order valence-corrected chi connectivity index (χ1v) is 28.8. The predicted molar refractivity (Wildman–Crippen MR) is 326 cm³/mol. The highest BCUT2D eigenvalue weighted by Gasteiger charge is 2.29. The third-order valence-corrected chi connectivity index (χ3v) is 16.8. The Kier molecular flexibility index (Phi) is 17.5. The van der Waals surface area contributed by atoms with Crippen molar-refractivity contribution in [3.05, 3.63) is 198 Å². The van der Waals surface area contributed by atoms with E-state index in [-0.39, 0.29) is 5.41 Å². The fourth-order valence-corrected chi connectivity index (χ4v) is 12.3. The van der Waals surface area contributed by atoms with Crippen molar-refractivity contribution in [2.24, 2.45) is 0 Å². The minimum Gasteiger partial charge on any atom is -0.0617 e. The molecule has 73 heavy (non-hydrogen) atoms. The van der Waals surface area contributed by atoms with Crippen LogP contribution in [0.3, 0.4) is 0 Å². The van der Waals surface area contributed by atoms with Crippen LogP contribution in [-0.4, -0.2) is 0 Å². The Labute approximate surface area is 453 Å². The average Bonchev–Trinajstić information content (AvgIpc) is 3.33. The van der Waals surface area contributed by atoms with E-state index in [1.54, 1.807) is 0 Å². The quantitative estimate of drug-likeness (QED) is 0.0905. The Bertz CT molecular complexity index is 2600. The van der Waals surface area contributed by atoms with Crippen LogP contribution in [0.25, 0.3) is 44.5 Å². The summed E-state index contributed by atoms with van der Waals surface area (Å²) in [5.74, 6) is 2.93. The van der Waals surface area contributed by atoms with Crippen molar-refractivity contribution < 1.29 is 0 Å². The second-order valence-electron chi connectivity index (χ2n) is 24.9. The molecule has 0 fully saturated rings. The van der Waals surface area contributed by atoms with Crippen LogP contribution < -0.4 is 0 Å². The maximum Gasteiger partial charge on any atom is 0.0246 e. The molecule has 7 aromatic carbocycles. The Morgan fingerprint density at radius 2 is 0.507 bits per heavy atom. The van der Waals surface area contributed by atoms with Gasteiger partial charge in [-0.3, -0.25) is 0 Å². The molecule has 0 nitrogen and oxygen atoms in total. The maximum absolute atomic E-state index is 4.52. The molecule has 0 saturated carbocycles. The molecule has 0 N–H and O–H groups in total. The molecule has 0 amide bonds. The van der Waals surface area contributed by atoms with Crippen LogP contribution in [0, 0.1) is 0 Å². The minimum atomic E-state index is -0.0941. The smallest absolute Gasteiger partial charge is 0.0246 e. The lowest BCUT2D eigenvalue weighted by Gasteiger charge is -2.28. The van der Waals surface area contributed by atoms with Gasteiger partial charge in [0.25, 0.3) is 0 Å². The predicted octanol–water partition coefficient (Wildman–Crippen LogP) is 22.6. The number of rotatable bonds is 16. The van der Waals surface area contributed by atoms with Crippen molar-refractivity contribution in [2.45, 2.75) is 197 Å². The van der Waals surface area contributed by atoms with E-state index < -0.39 is 0 Å². The zero-order valence-corrected chi connectivity index (χ0v) is 50.0. The maximum atomic E-state index is 4.52. The summed E-state index contributed by atoms with van der Waals surface area (Å²) in [5, 5.41) is 0. The van der Waals surface area contributed by atoms with Gasteiger partial charge in [0, 0.05) is 4.47 Å². The molecule has 0 bridgehead atoms. The van der Waals surface area contributed by atoms with Crippen molar-refractivity contribution in [1.82, 2.24) is 0 Å². The molecule has 0 spiro atoms. The largest absolute Gasteiger partial charge is 0.0617 e. The van der Waals surface area contributed by atoms with Gasteiger partial charge in [-0.2, -0.15) is 0 Å². The van der Waals surface area contributed by atoms with Gasteiger partial charge in [-0.1, -0.05) is 269 Å². The van der Waals surface area contributed by atoms with Gasteiger partial charge in [0.1, 0.15) is 0 Å². The summed E-state index contributed by atoms with van der Waals surface area (Å²) in [6.45, 7) is 45.1. The molecule has 7 rings (SSSR count). The summed E-state index contributed by atoms with van der Waals surface area (Å²) in [6.07, 6.45) is 1.57. The summed E-state index contributed by atoms with van der Waals surface area (Å²) < 4.78 is 1.21. The van der Waals surface area contributed by atoms with E-state index in [9.17, 15) is 0 Å². The van der Waals surface area contributed by atoms with Gasteiger partial charge < -0.3 is 0 Å². The molecule has 0 aliphatic rings. The van der Waals surface area contributed by atoms with Gasteiger partial charge in [0.2, 0.25) is 0 Å². The molecule has 0 radical (unpaired) electrons. The first-order chi connectivity index (χ1) is 34.4. The monoisotopic (exact) mass is 1030 g/mol. The molecule has 0 aliphatic heterocycles. The standard InChI is InChI=1S/C72H89Br/c1-42(2)53-26-20-27-54(43(3)4)67(53)61-34-24-35-62(68-55(44(5)6)28-21-29-56(68)45(7)8)65(61)40-50-38-52(72(17,18)19)39-51(71(50)73)41-66-63(69-57(46(9)10)30-22-31-58(69)47(11)12)36-25-37-64(66)70-59(48(13)14)32-23-33-60(70)49(15)16/h20-39,42-49H,40-41H2,1-19H3. The molecule has 0 aliphatic carbocycles. The van der Waals surface area contributed by atoms with Crippen molar-refractivity contribution in [1.29, 1.82) is 0 Å². The van der Waals surface area contributed by atoms with Crippen LogP contribution >= 0.6 is 15.9 Å². The minimum absolute atomic E-state index is 0.0941. The third kappa shape index (κ3) is 11.5. The Morgan fingerprint density at radius 1 is 0.315 bits per heavy atom. The van der Waals surface area contributed by atoms with Gasteiger partial charge in [-0.25, -0.2) is 0 Å². The van der Waals surface area contributed by atoms with Crippen LogP contribution in [0.15, 0.2) is 126 Å². The second kappa shape index (κ2) is 22.9. The van der Waals surface area contributed by atoms with Gasteiger partial charge >= 0.3 is 0 Å². The Hall–Kier alpha value is -4.98. The normalized spacial score (nSPS) is 12.4. The third-order valence-electron chi connectivity index (χ3n) is 15.7. The summed E-state index contributed by atoms with van der Waals surface area (Å²) in [6, 6.07) is 47.8. The van der Waals surface area contributed by atoms with Crippen LogP contribution in [0.4, 0.5) is 0 Å². The van der Waals surface area contributed by atoms with Gasteiger partial charge in [0.15, 0.2) is 0 Å². The van der Waals surface area contributed by atoms with Crippen LogP contribution in [-0.2, 0) is 18.3 Å². The SMILES string of the molecule is CC(C)c1cccc(C(C)C)c1-c1cccc(-c2c(C(C)C)cccc2C(C)C)c1Cc1cc(C(C)(C)C)cc(Cc2c(-c3c(C(C)C)cccc3C(C)C)cccc2-c2c(C(C)C)cccc2C(C)C)c1Br. The van der Waals surface area contributed by atoms with Gasteiger partial charge in [-0.15, -0.1) is 0 Å². The van der Waals surface area contributed by atoms with E-state index in [1.165, 1.54) is 121 Å². The highest BCUT2D eigenvalue weighted by atomic mass is 79.9. The molecule has 0 saturated heterocycles. The lowest BCUT2D eigenvalue weighted by Crippen LogP contribution is -2.14. The van der Waals surface area contributed by atoms with E-state index in [0.29, 0.717) is 47.3 Å². The first kappa shape index (κ1) is 55.8. The number of hydrogen-bond acceptors (Lipinski definition) is 0. The number of halogens is 1. The lowest BCUT2D eigenvalue weighted by molar-refractivity contribution is 0.588. The van der Waals surface area contributed by atoms with E-state index in [2.05, 4.69) is 269 Å². The fraction of sp³-hybridized carbons (Fsp3) is 0.417. The van der Waals surface area contributed by atoms with E-state index in [4.69, 9.17) is 0 Å². The highest BCUT2D eigenvalue weighted by molar-refractivity contribution is 9.10. The molecule has 7 aromatic rings. The summed E-state index contributed by atoms with van der Waals surface area (Å²) in [7, 11) is 0. The van der Waals surface area contributed by atoms with E-state index in [1.807, 2.05) is 0 Å². The van der Waals surface area contributed by atoms with Crippen LogP contribution in [0.2, 0.25) is 0 Å². The van der Waals surface area contributed by atoms with Crippen molar-refractivity contribution >= 4 is 15.9 Å². The molecule has 0 aromatic heterocycles. The van der Waals surface area contributed by atoms with Gasteiger partial charge in [-0.05, 0) is 182 Å². The van der Waals surface area contributed by atoms with Crippen molar-refractivity contribution in [3.63, 3.8) is 0 Å². The molecule has 0 atom stereocenters. The lowest BCUT2D eigenvalue weighted by atomic mass is 9.76. The highest BCUT2D eigenvalue weighted by Crippen LogP contribution is 2.49. The zero-order valence-electron chi connectivity index (χ0n) is 48.5. The number of benzene rings is 7. The molecular weight excluding hydrogens is 945 g/mol. The van der Waals surface area contributed by atoms with Crippen LogP contribution in [0.5, 0.6) is 0 Å². The topological polar surface area (TPSA) is 0 Å². The summed E-state index contributed by atoms with van der Waals surface area (Å²) in [5.41, 5.74) is 29.2. The van der Waals surface area contributed by atoms with E-state index in [0.717, 1.165) is 12.8 Å². The van der Waals surface area contributed by atoms with E-state index >= 15 is 0 Å². The molecule has 0 heterocycles. The van der Waals surface area contributed by atoms with Crippen LogP contribution in [0.1, 0.15) is 251 Å². The molecular formula is C72H89Br. The summed E-state index contributed by atoms with van der Waals surface area (Å²) >= 11 is 4.52. The molecule has 384 valence electrons. The van der Waals surface area contributed by atoms with Crippen molar-refractivity contribution in [2.75, 3.05) is 0 Å². The molecule has 1 heteroatoms. The second-order valence-corrected chi connectivity index (χ2v) is 25.7. The first-order valence-electron chi connectivity index (χ1n) is 28.0. The summed E-state index contributed by atoms with van der Waals surface area (Å²) in [4.78, 5) is 0. The Balaban J connectivity index is 1.61. The fourth-order valence-electron chi connectivity index (χ4n) is 11.8. The average molecular weight is 1030 g/mol. The Morgan fingerprint density at radius 3 is 0.685 bits per heavy atom. The zero-order chi connectivity index (χ0) is 53.4. The molecule has 0 unspecified atom stereocenters.